The summed E-state index contributed by atoms with van der Waals surface area (Å²) in [7, 11) is 1.71. The third-order valence-corrected chi connectivity index (χ3v) is 4.34. The molecule has 4 rings (SSSR count). The van der Waals surface area contributed by atoms with Crippen molar-refractivity contribution < 1.29 is 4.39 Å². The van der Waals surface area contributed by atoms with Gasteiger partial charge in [0.05, 0.1) is 17.9 Å². The van der Waals surface area contributed by atoms with E-state index in [1.54, 1.807) is 28.8 Å². The largest absolute Gasteiger partial charge is 0.296 e. The molecule has 24 heavy (non-hydrogen) atoms. The summed E-state index contributed by atoms with van der Waals surface area (Å²) < 4.78 is 17.7. The zero-order valence-corrected chi connectivity index (χ0v) is 13.5. The predicted molar refractivity (Wildman–Crippen MR) is 88.4 cm³/mol. The molecule has 122 valence electrons. The number of nitrogens with zero attached hydrogens (tertiary/aromatic N) is 6. The molecule has 2 atom stereocenters. The van der Waals surface area contributed by atoms with Gasteiger partial charge in [0.15, 0.2) is 12.0 Å². The lowest BCUT2D eigenvalue weighted by Gasteiger charge is -2.11. The van der Waals surface area contributed by atoms with Crippen LogP contribution in [0.5, 0.6) is 0 Å². The zero-order valence-electron chi connectivity index (χ0n) is 13.5. The van der Waals surface area contributed by atoms with Gasteiger partial charge in [0, 0.05) is 25.2 Å². The monoisotopic (exact) mass is 324 g/mol. The van der Waals surface area contributed by atoms with Gasteiger partial charge in [0.1, 0.15) is 0 Å². The van der Waals surface area contributed by atoms with Crippen LogP contribution in [0.1, 0.15) is 41.3 Å². The fourth-order valence-corrected chi connectivity index (χ4v) is 3.10. The molecule has 1 aromatic carbocycles. The minimum Gasteiger partial charge on any atom is -0.296 e. The Morgan fingerprint density at radius 1 is 1.29 bits per heavy atom. The highest BCUT2D eigenvalue weighted by atomic mass is 19.1. The summed E-state index contributed by atoms with van der Waals surface area (Å²) in [5, 5.41) is 8.83. The van der Waals surface area contributed by atoms with Crippen molar-refractivity contribution in [1.29, 1.82) is 0 Å². The standard InChI is InChI=1S/C17H17FN6/c1-11-13(9-19-2)10-20-23(11)17-21-16-14(18)8-15(24(16)22-17)12-6-4-3-5-7-12/h3-7,9-10,14-15H,8H2,1-2H3/t14-,15-/m0/s1. The third-order valence-electron chi connectivity index (χ3n) is 4.34. The highest BCUT2D eigenvalue weighted by molar-refractivity contribution is 5.80. The molecule has 2 aromatic heterocycles. The van der Waals surface area contributed by atoms with Crippen LogP contribution in [0.25, 0.3) is 5.95 Å². The summed E-state index contributed by atoms with van der Waals surface area (Å²) in [5.74, 6) is 0.751. The van der Waals surface area contributed by atoms with E-state index in [-0.39, 0.29) is 6.04 Å². The van der Waals surface area contributed by atoms with Crippen molar-refractivity contribution in [3.8, 4) is 5.95 Å². The molecule has 0 amide bonds. The Morgan fingerprint density at radius 3 is 2.83 bits per heavy atom. The molecular formula is C17H17FN6. The van der Waals surface area contributed by atoms with Crippen LogP contribution < -0.4 is 0 Å². The average Bonchev–Trinajstić information content (AvgIpc) is 3.25. The van der Waals surface area contributed by atoms with E-state index < -0.39 is 6.17 Å². The van der Waals surface area contributed by atoms with Crippen LogP contribution in [0.15, 0.2) is 41.5 Å². The molecule has 0 spiro atoms. The minimum absolute atomic E-state index is 0.134. The summed E-state index contributed by atoms with van der Waals surface area (Å²) in [5.41, 5.74) is 2.80. The van der Waals surface area contributed by atoms with Crippen LogP contribution in [-0.2, 0) is 0 Å². The molecule has 3 heterocycles. The fraction of sp³-hybridized carbons (Fsp3) is 0.294. The fourth-order valence-electron chi connectivity index (χ4n) is 3.10. The van der Waals surface area contributed by atoms with Crippen molar-refractivity contribution in [2.75, 3.05) is 7.05 Å². The number of fused-ring (bicyclic) bond motifs is 1. The maximum atomic E-state index is 14.4. The summed E-state index contributed by atoms with van der Waals surface area (Å²) in [4.78, 5) is 8.39. The highest BCUT2D eigenvalue weighted by Gasteiger charge is 2.35. The number of benzene rings is 1. The number of alkyl halides is 1. The lowest BCUT2D eigenvalue weighted by molar-refractivity contribution is 0.328. The number of aliphatic imine (C=N–C) groups is 1. The van der Waals surface area contributed by atoms with E-state index in [0.29, 0.717) is 18.2 Å². The molecule has 1 aliphatic rings. The van der Waals surface area contributed by atoms with Gasteiger partial charge in [0.25, 0.3) is 5.95 Å². The van der Waals surface area contributed by atoms with Crippen molar-refractivity contribution in [2.45, 2.75) is 25.6 Å². The Kier molecular flexibility index (Phi) is 3.48. The van der Waals surface area contributed by atoms with E-state index in [0.717, 1.165) is 16.8 Å². The second-order valence-corrected chi connectivity index (χ2v) is 5.83. The Morgan fingerprint density at radius 2 is 2.08 bits per heavy atom. The van der Waals surface area contributed by atoms with Crippen molar-refractivity contribution in [1.82, 2.24) is 24.5 Å². The summed E-state index contributed by atoms with van der Waals surface area (Å²) >= 11 is 0. The molecule has 0 fully saturated rings. The van der Waals surface area contributed by atoms with Gasteiger partial charge in [0.2, 0.25) is 0 Å². The average molecular weight is 324 g/mol. The maximum Gasteiger partial charge on any atom is 0.270 e. The zero-order chi connectivity index (χ0) is 16.7. The Balaban J connectivity index is 1.76. The summed E-state index contributed by atoms with van der Waals surface area (Å²) in [6.45, 7) is 1.91. The number of rotatable bonds is 3. The van der Waals surface area contributed by atoms with Gasteiger partial charge in [-0.05, 0) is 12.5 Å². The Hall–Kier alpha value is -2.83. The minimum atomic E-state index is -1.12. The van der Waals surface area contributed by atoms with E-state index in [1.807, 2.05) is 37.3 Å². The number of aromatic nitrogens is 5. The van der Waals surface area contributed by atoms with Crippen LogP contribution in [0.3, 0.4) is 0 Å². The van der Waals surface area contributed by atoms with Gasteiger partial charge in [-0.25, -0.2) is 13.8 Å². The van der Waals surface area contributed by atoms with E-state index >= 15 is 0 Å². The van der Waals surface area contributed by atoms with E-state index in [9.17, 15) is 4.39 Å². The topological polar surface area (TPSA) is 60.9 Å². The van der Waals surface area contributed by atoms with Gasteiger partial charge >= 0.3 is 0 Å². The molecule has 1 aliphatic heterocycles. The molecule has 0 aliphatic carbocycles. The van der Waals surface area contributed by atoms with Crippen molar-refractivity contribution in [3.63, 3.8) is 0 Å². The Labute approximate surface area is 138 Å². The second-order valence-electron chi connectivity index (χ2n) is 5.83. The molecule has 6 nitrogen and oxygen atoms in total. The normalized spacial score (nSPS) is 20.0. The first-order chi connectivity index (χ1) is 11.7. The smallest absolute Gasteiger partial charge is 0.270 e. The van der Waals surface area contributed by atoms with E-state index in [2.05, 4.69) is 20.2 Å². The van der Waals surface area contributed by atoms with E-state index in [4.69, 9.17) is 0 Å². The molecule has 3 aromatic rings. The van der Waals surface area contributed by atoms with Gasteiger partial charge in [-0.2, -0.15) is 10.1 Å². The number of hydrogen-bond acceptors (Lipinski definition) is 4. The van der Waals surface area contributed by atoms with Crippen LogP contribution in [-0.4, -0.2) is 37.8 Å². The van der Waals surface area contributed by atoms with Gasteiger partial charge < -0.3 is 0 Å². The SMILES string of the molecule is CN=Cc1cnn(-c2nc3n(n2)[C@H](c2ccccc2)C[C@@H]3F)c1C. The Bertz CT molecular complexity index is 895. The number of hydrogen-bond donors (Lipinski definition) is 0. The van der Waals surface area contributed by atoms with Gasteiger partial charge in [-0.1, -0.05) is 30.3 Å². The van der Waals surface area contributed by atoms with Crippen molar-refractivity contribution in [2.24, 2.45) is 4.99 Å². The van der Waals surface area contributed by atoms with Crippen molar-refractivity contribution >= 4 is 6.21 Å². The molecule has 7 heteroatoms. The molecule has 0 N–H and O–H groups in total. The summed E-state index contributed by atoms with van der Waals surface area (Å²) in [6.07, 6.45) is 2.68. The maximum absolute atomic E-state index is 14.4. The molecule has 0 radical (unpaired) electrons. The summed E-state index contributed by atoms with van der Waals surface area (Å²) in [6, 6.07) is 9.69. The van der Waals surface area contributed by atoms with Crippen LogP contribution in [0.2, 0.25) is 0 Å². The molecule has 0 saturated carbocycles. The first-order valence-electron chi connectivity index (χ1n) is 7.81. The van der Waals surface area contributed by atoms with Crippen molar-refractivity contribution in [3.05, 3.63) is 59.2 Å². The quantitative estimate of drug-likeness (QED) is 0.696. The van der Waals surface area contributed by atoms with E-state index in [1.165, 1.54) is 0 Å². The van der Waals surface area contributed by atoms with Crippen LogP contribution >= 0.6 is 0 Å². The van der Waals surface area contributed by atoms with Gasteiger partial charge in [-0.3, -0.25) is 4.99 Å². The first kappa shape index (κ1) is 14.7. The lowest BCUT2D eigenvalue weighted by atomic mass is 10.0. The molecule has 0 saturated heterocycles. The molecular weight excluding hydrogens is 307 g/mol. The van der Waals surface area contributed by atoms with Gasteiger partial charge in [-0.15, -0.1) is 5.10 Å². The predicted octanol–water partition coefficient (Wildman–Crippen LogP) is 2.82. The first-order valence-corrected chi connectivity index (χ1v) is 7.81. The molecule has 0 bridgehead atoms. The highest BCUT2D eigenvalue weighted by Crippen LogP contribution is 2.39. The number of halogens is 1. The van der Waals surface area contributed by atoms with Crippen LogP contribution in [0, 0.1) is 6.92 Å². The lowest BCUT2D eigenvalue weighted by Crippen LogP contribution is -2.09. The van der Waals surface area contributed by atoms with Crippen LogP contribution in [0.4, 0.5) is 4.39 Å². The molecule has 0 unspecified atom stereocenters. The second kappa shape index (κ2) is 5.67. The third kappa shape index (κ3) is 2.24.